The summed E-state index contributed by atoms with van der Waals surface area (Å²) >= 11 is 0. The van der Waals surface area contributed by atoms with Crippen molar-refractivity contribution < 1.29 is 9.18 Å². The van der Waals surface area contributed by atoms with Crippen LogP contribution in [-0.2, 0) is 19.4 Å². The summed E-state index contributed by atoms with van der Waals surface area (Å²) in [6.07, 6.45) is 1.91. The van der Waals surface area contributed by atoms with Crippen molar-refractivity contribution in [3.05, 3.63) is 70.5 Å². The zero-order valence-corrected chi connectivity index (χ0v) is 12.4. The van der Waals surface area contributed by atoms with Crippen LogP contribution in [-0.4, -0.2) is 5.91 Å². The van der Waals surface area contributed by atoms with Crippen molar-refractivity contribution >= 4 is 5.91 Å². The molecule has 2 aromatic rings. The van der Waals surface area contributed by atoms with Crippen molar-refractivity contribution in [2.24, 2.45) is 0 Å². The SMILES string of the molecule is CCc1ccc(CC)c(CNC(=O)c2ccc(F)cc2)c1. The van der Waals surface area contributed by atoms with Gasteiger partial charge in [-0.05, 0) is 53.8 Å². The van der Waals surface area contributed by atoms with Crippen LogP contribution in [0.2, 0.25) is 0 Å². The molecule has 0 aliphatic rings. The lowest BCUT2D eigenvalue weighted by Crippen LogP contribution is -2.23. The molecule has 21 heavy (non-hydrogen) atoms. The predicted octanol–water partition coefficient (Wildman–Crippen LogP) is 3.88. The summed E-state index contributed by atoms with van der Waals surface area (Å²) in [5.74, 6) is -0.519. The molecular weight excluding hydrogens is 265 g/mol. The molecule has 0 aliphatic heterocycles. The van der Waals surface area contributed by atoms with Gasteiger partial charge in [-0.2, -0.15) is 0 Å². The second-order valence-corrected chi connectivity index (χ2v) is 5.00. The highest BCUT2D eigenvalue weighted by Crippen LogP contribution is 2.14. The predicted molar refractivity (Wildman–Crippen MR) is 82.8 cm³/mol. The van der Waals surface area contributed by atoms with Crippen LogP contribution < -0.4 is 5.32 Å². The molecule has 0 aromatic heterocycles. The fraction of sp³-hybridized carbons (Fsp3) is 0.278. The molecule has 0 saturated carbocycles. The molecule has 0 unspecified atom stereocenters. The van der Waals surface area contributed by atoms with E-state index in [1.807, 2.05) is 0 Å². The molecule has 0 radical (unpaired) electrons. The van der Waals surface area contributed by atoms with Crippen molar-refractivity contribution in [1.29, 1.82) is 0 Å². The van der Waals surface area contributed by atoms with Crippen LogP contribution in [0, 0.1) is 5.82 Å². The lowest BCUT2D eigenvalue weighted by Gasteiger charge is -2.11. The normalized spacial score (nSPS) is 10.4. The number of hydrogen-bond acceptors (Lipinski definition) is 1. The summed E-state index contributed by atoms with van der Waals surface area (Å²) < 4.78 is 12.9. The number of carbonyl (C=O) groups excluding carboxylic acids is 1. The number of benzene rings is 2. The zero-order chi connectivity index (χ0) is 15.2. The maximum absolute atomic E-state index is 12.9. The minimum absolute atomic E-state index is 0.182. The molecule has 0 heterocycles. The summed E-state index contributed by atoms with van der Waals surface area (Å²) in [5, 5.41) is 2.90. The van der Waals surface area contributed by atoms with Gasteiger partial charge in [-0.1, -0.05) is 32.0 Å². The van der Waals surface area contributed by atoms with E-state index >= 15 is 0 Å². The fourth-order valence-electron chi connectivity index (χ4n) is 2.29. The number of aryl methyl sites for hydroxylation is 2. The number of amides is 1. The van der Waals surface area contributed by atoms with E-state index in [1.54, 1.807) is 0 Å². The van der Waals surface area contributed by atoms with E-state index in [0.717, 1.165) is 18.4 Å². The highest BCUT2D eigenvalue weighted by Gasteiger charge is 2.07. The molecule has 0 aliphatic carbocycles. The molecule has 0 saturated heterocycles. The van der Waals surface area contributed by atoms with Crippen molar-refractivity contribution in [3.8, 4) is 0 Å². The number of rotatable bonds is 5. The van der Waals surface area contributed by atoms with Crippen LogP contribution in [0.3, 0.4) is 0 Å². The van der Waals surface area contributed by atoms with Gasteiger partial charge in [0.05, 0.1) is 0 Å². The Morgan fingerprint density at radius 2 is 1.71 bits per heavy atom. The van der Waals surface area contributed by atoms with Gasteiger partial charge < -0.3 is 5.32 Å². The molecule has 0 bridgehead atoms. The molecule has 1 amide bonds. The third-order valence-corrected chi connectivity index (χ3v) is 3.61. The van der Waals surface area contributed by atoms with Crippen LogP contribution in [0.1, 0.15) is 40.9 Å². The van der Waals surface area contributed by atoms with Gasteiger partial charge in [-0.3, -0.25) is 4.79 Å². The van der Waals surface area contributed by atoms with Crippen molar-refractivity contribution in [2.75, 3.05) is 0 Å². The maximum Gasteiger partial charge on any atom is 0.251 e. The Morgan fingerprint density at radius 1 is 1.00 bits per heavy atom. The summed E-state index contributed by atoms with van der Waals surface area (Å²) in [6, 6.07) is 12.0. The molecule has 1 N–H and O–H groups in total. The third-order valence-electron chi connectivity index (χ3n) is 3.61. The molecule has 0 atom stereocenters. The standard InChI is InChI=1S/C18H20FNO/c1-3-13-5-6-14(4-2)16(11-13)12-20-18(21)15-7-9-17(19)10-8-15/h5-11H,3-4,12H2,1-2H3,(H,20,21). The number of nitrogens with one attached hydrogen (secondary N) is 1. The Labute approximate surface area is 125 Å². The van der Waals surface area contributed by atoms with Crippen molar-refractivity contribution in [3.63, 3.8) is 0 Å². The van der Waals surface area contributed by atoms with Gasteiger partial charge in [0.15, 0.2) is 0 Å². The molecule has 0 spiro atoms. The van der Waals surface area contributed by atoms with Gasteiger partial charge in [0.25, 0.3) is 5.91 Å². The molecule has 2 rings (SSSR count). The first-order valence-corrected chi connectivity index (χ1v) is 7.28. The lowest BCUT2D eigenvalue weighted by molar-refractivity contribution is 0.0951. The Morgan fingerprint density at radius 3 is 2.33 bits per heavy atom. The molecule has 2 nitrogen and oxygen atoms in total. The average molecular weight is 285 g/mol. The van der Waals surface area contributed by atoms with Crippen molar-refractivity contribution in [1.82, 2.24) is 5.32 Å². The Bertz CT molecular complexity index is 620. The van der Waals surface area contributed by atoms with Crippen LogP contribution in [0.25, 0.3) is 0 Å². The van der Waals surface area contributed by atoms with E-state index in [4.69, 9.17) is 0 Å². The quantitative estimate of drug-likeness (QED) is 0.887. The monoisotopic (exact) mass is 285 g/mol. The number of carbonyl (C=O) groups is 1. The van der Waals surface area contributed by atoms with Crippen LogP contribution >= 0.6 is 0 Å². The average Bonchev–Trinajstić information content (AvgIpc) is 2.52. The van der Waals surface area contributed by atoms with Crippen LogP contribution in [0.5, 0.6) is 0 Å². The van der Waals surface area contributed by atoms with Gasteiger partial charge in [0.1, 0.15) is 5.82 Å². The second kappa shape index (κ2) is 7.02. The van der Waals surface area contributed by atoms with E-state index in [-0.39, 0.29) is 11.7 Å². The Balaban J connectivity index is 2.08. The lowest BCUT2D eigenvalue weighted by atomic mass is 10.0. The molecule has 3 heteroatoms. The van der Waals surface area contributed by atoms with Gasteiger partial charge in [-0.25, -0.2) is 4.39 Å². The third kappa shape index (κ3) is 3.91. The highest BCUT2D eigenvalue weighted by atomic mass is 19.1. The fourth-order valence-corrected chi connectivity index (χ4v) is 2.29. The minimum atomic E-state index is -0.338. The van der Waals surface area contributed by atoms with Gasteiger partial charge in [-0.15, -0.1) is 0 Å². The first-order valence-electron chi connectivity index (χ1n) is 7.28. The summed E-state index contributed by atoms with van der Waals surface area (Å²) in [5.41, 5.74) is 4.12. The van der Waals surface area contributed by atoms with E-state index in [9.17, 15) is 9.18 Å². The highest BCUT2D eigenvalue weighted by molar-refractivity contribution is 5.94. The molecule has 0 fully saturated rings. The van der Waals surface area contributed by atoms with Crippen LogP contribution in [0.15, 0.2) is 42.5 Å². The second-order valence-electron chi connectivity index (χ2n) is 5.00. The van der Waals surface area contributed by atoms with E-state index in [1.165, 1.54) is 35.4 Å². The first kappa shape index (κ1) is 15.2. The summed E-state index contributed by atoms with van der Waals surface area (Å²) in [6.45, 7) is 4.71. The van der Waals surface area contributed by atoms with Gasteiger partial charge in [0, 0.05) is 12.1 Å². The van der Waals surface area contributed by atoms with E-state index < -0.39 is 0 Å². The maximum atomic E-state index is 12.9. The molecule has 2 aromatic carbocycles. The summed E-state index contributed by atoms with van der Waals surface area (Å²) in [4.78, 5) is 12.0. The Kier molecular flexibility index (Phi) is 5.09. The van der Waals surface area contributed by atoms with Gasteiger partial charge >= 0.3 is 0 Å². The largest absolute Gasteiger partial charge is 0.348 e. The Hall–Kier alpha value is -2.16. The molecule has 110 valence electrons. The smallest absolute Gasteiger partial charge is 0.251 e. The first-order chi connectivity index (χ1) is 10.1. The topological polar surface area (TPSA) is 29.1 Å². The summed E-state index contributed by atoms with van der Waals surface area (Å²) in [7, 11) is 0. The van der Waals surface area contributed by atoms with E-state index in [0.29, 0.717) is 12.1 Å². The number of halogens is 1. The minimum Gasteiger partial charge on any atom is -0.348 e. The zero-order valence-electron chi connectivity index (χ0n) is 12.4. The van der Waals surface area contributed by atoms with Gasteiger partial charge in [0.2, 0.25) is 0 Å². The van der Waals surface area contributed by atoms with E-state index in [2.05, 4.69) is 37.4 Å². The van der Waals surface area contributed by atoms with Crippen LogP contribution in [0.4, 0.5) is 4.39 Å². The molecular formula is C18H20FNO. The van der Waals surface area contributed by atoms with Crippen molar-refractivity contribution in [2.45, 2.75) is 33.2 Å². The number of hydrogen-bond donors (Lipinski definition) is 1.